The predicted octanol–water partition coefficient (Wildman–Crippen LogP) is 2.79. The predicted molar refractivity (Wildman–Crippen MR) is 52.5 cm³/mol. The molecule has 150 valence electrons. The third-order valence-electron chi connectivity index (χ3n) is 1.76. The van der Waals surface area contributed by atoms with Crippen molar-refractivity contribution >= 4 is 6.08 Å². The van der Waals surface area contributed by atoms with Crippen LogP contribution in [0.4, 0.5) is 43.9 Å². The van der Waals surface area contributed by atoms with Crippen molar-refractivity contribution in [3.63, 3.8) is 0 Å². The summed E-state index contributed by atoms with van der Waals surface area (Å²) in [5.74, 6) is 0. The van der Waals surface area contributed by atoms with Gasteiger partial charge in [-0.2, -0.15) is 45.4 Å². The first-order valence-corrected chi connectivity index (χ1v) is 5.53. The zero-order valence-electron chi connectivity index (χ0n) is 11.6. The fourth-order valence-corrected chi connectivity index (χ4v) is 0.953. The highest BCUT2D eigenvalue weighted by Crippen LogP contribution is 2.44. The normalized spacial score (nSPS) is 13.7. The van der Waals surface area contributed by atoms with Gasteiger partial charge in [0.1, 0.15) is 6.54 Å². The first-order chi connectivity index (χ1) is 11.5. The Balaban J connectivity index is 5.23. The first-order valence-electron chi connectivity index (χ1n) is 5.53. The molecule has 0 aromatic carbocycles. The molecule has 0 spiro atoms. The van der Waals surface area contributed by atoms with E-state index in [0.29, 0.717) is 12.3 Å². The maximum Gasteiger partial charge on any atom is 0.495 e. The molecule has 0 fully saturated rings. The molecule has 0 amide bonds. The van der Waals surface area contributed by atoms with Gasteiger partial charge >= 0.3 is 30.7 Å². The second-order valence-corrected chi connectivity index (χ2v) is 3.87. The monoisotopic (exact) mass is 410 g/mol. The smallest absolute Gasteiger partial charge is 0.418 e. The van der Waals surface area contributed by atoms with E-state index in [4.69, 9.17) is 5.26 Å². The Bertz CT molecular complexity index is 572. The van der Waals surface area contributed by atoms with Crippen molar-refractivity contribution in [2.24, 2.45) is 4.99 Å². The highest BCUT2D eigenvalue weighted by Gasteiger charge is 2.68. The molecule has 0 aliphatic carbocycles. The van der Waals surface area contributed by atoms with Crippen molar-refractivity contribution in [1.82, 2.24) is 0 Å². The lowest BCUT2D eigenvalue weighted by Crippen LogP contribution is -2.53. The molecule has 0 aliphatic rings. The van der Waals surface area contributed by atoms with Crippen LogP contribution in [0.1, 0.15) is 0 Å². The highest BCUT2D eigenvalue weighted by atomic mass is 19.3. The van der Waals surface area contributed by atoms with Crippen LogP contribution in [0.5, 0.6) is 0 Å². The second-order valence-electron chi connectivity index (χ2n) is 3.87. The van der Waals surface area contributed by atoms with Crippen LogP contribution in [0.25, 0.3) is 0 Å². The van der Waals surface area contributed by atoms with Gasteiger partial charge < -0.3 is 4.74 Å². The minimum Gasteiger partial charge on any atom is -0.418 e. The summed E-state index contributed by atoms with van der Waals surface area (Å²) in [5.41, 5.74) is 0. The minimum absolute atomic E-state index is 0.422. The molecule has 0 aromatic heterocycles. The van der Waals surface area contributed by atoms with E-state index < -0.39 is 43.9 Å². The lowest BCUT2D eigenvalue weighted by molar-refractivity contribution is -0.565. The summed E-state index contributed by atoms with van der Waals surface area (Å²) in [7, 11) is 0. The highest BCUT2D eigenvalue weighted by molar-refractivity contribution is 5.32. The number of rotatable bonds is 11. The van der Waals surface area contributed by atoms with Crippen LogP contribution in [0.2, 0.25) is 0 Å². The van der Waals surface area contributed by atoms with Crippen LogP contribution < -0.4 is 0 Å². The maximum absolute atomic E-state index is 12.9. The van der Waals surface area contributed by atoms with E-state index in [0.717, 1.165) is 0 Å². The van der Waals surface area contributed by atoms with Crippen LogP contribution >= 0.6 is 0 Å². The van der Waals surface area contributed by atoms with Crippen molar-refractivity contribution in [3.8, 4) is 6.26 Å². The molecular formula is C9H4F10N2O5. The Hall–Kier alpha value is -2.15. The van der Waals surface area contributed by atoms with Crippen molar-refractivity contribution in [3.05, 3.63) is 0 Å². The number of nitriles is 1. The molecule has 0 heterocycles. The Morgan fingerprint density at radius 1 is 0.808 bits per heavy atom. The van der Waals surface area contributed by atoms with E-state index in [9.17, 15) is 48.7 Å². The van der Waals surface area contributed by atoms with E-state index in [1.807, 2.05) is 9.73 Å². The van der Waals surface area contributed by atoms with E-state index in [1.165, 1.54) is 0 Å². The second kappa shape index (κ2) is 8.03. The zero-order valence-corrected chi connectivity index (χ0v) is 11.6. The van der Waals surface area contributed by atoms with Crippen LogP contribution in [0, 0.1) is 11.5 Å². The molecule has 0 rings (SSSR count). The number of alkyl halides is 10. The number of halogens is 10. The maximum atomic E-state index is 12.9. The molecule has 0 bridgehead atoms. The van der Waals surface area contributed by atoms with E-state index >= 15 is 0 Å². The first kappa shape index (κ1) is 23.8. The van der Waals surface area contributed by atoms with Crippen LogP contribution in [0.3, 0.4) is 0 Å². The number of ether oxygens (including phenoxy) is 4. The standard InChI is InChI=1S/C9H4F10N2O5/c10-5(11,1-21-4-22)24-7(14,15)8(16,17)26-9(18,19)25-6(12,13)2-23-3-20/h1-2H2. The summed E-state index contributed by atoms with van der Waals surface area (Å²) < 4.78 is 138. The molecule has 0 unspecified atom stereocenters. The Labute approximate surface area is 135 Å². The molecule has 0 aromatic rings. The largest absolute Gasteiger partial charge is 0.495 e. The van der Waals surface area contributed by atoms with Gasteiger partial charge in [0.15, 0.2) is 6.61 Å². The number of hydrogen-bond acceptors (Lipinski definition) is 7. The number of hydrogen-bond donors (Lipinski definition) is 0. The molecule has 7 nitrogen and oxygen atoms in total. The van der Waals surface area contributed by atoms with Crippen molar-refractivity contribution in [1.29, 1.82) is 5.26 Å². The lowest BCUT2D eigenvalue weighted by atomic mass is 10.5. The van der Waals surface area contributed by atoms with Crippen LogP contribution in [0.15, 0.2) is 4.99 Å². The van der Waals surface area contributed by atoms with E-state index in [2.05, 4.69) is 14.2 Å². The van der Waals surface area contributed by atoms with Gasteiger partial charge in [-0.25, -0.2) is 19.0 Å². The molecule has 0 atom stereocenters. The van der Waals surface area contributed by atoms with Crippen LogP contribution in [-0.2, 0) is 23.7 Å². The molecular weight excluding hydrogens is 406 g/mol. The van der Waals surface area contributed by atoms with Crippen molar-refractivity contribution < 1.29 is 67.6 Å². The SMILES string of the molecule is N#COCC(F)(F)OC(F)(F)OC(F)(F)C(F)(F)OC(F)(F)CN=C=O. The average Bonchev–Trinajstić information content (AvgIpc) is 2.39. The third kappa shape index (κ3) is 7.82. The molecule has 0 radical (unpaired) electrons. The fourth-order valence-electron chi connectivity index (χ4n) is 0.953. The summed E-state index contributed by atoms with van der Waals surface area (Å²) in [6, 6.07) is 0. The Morgan fingerprint density at radius 3 is 1.77 bits per heavy atom. The number of isocyanates is 1. The van der Waals surface area contributed by atoms with E-state index in [-0.39, 0.29) is 0 Å². The van der Waals surface area contributed by atoms with Gasteiger partial charge in [0.2, 0.25) is 6.08 Å². The summed E-state index contributed by atoms with van der Waals surface area (Å²) >= 11 is 0. The summed E-state index contributed by atoms with van der Waals surface area (Å²) in [6.07, 6.45) is -28.8. The van der Waals surface area contributed by atoms with Crippen molar-refractivity contribution in [2.75, 3.05) is 13.2 Å². The van der Waals surface area contributed by atoms with Gasteiger partial charge in [0.25, 0.3) is 6.26 Å². The Kier molecular flexibility index (Phi) is 7.37. The summed E-state index contributed by atoms with van der Waals surface area (Å²) in [6.45, 7) is -4.50. The van der Waals surface area contributed by atoms with Gasteiger partial charge in [-0.1, -0.05) is 0 Å². The van der Waals surface area contributed by atoms with E-state index in [1.54, 1.807) is 0 Å². The molecule has 0 saturated carbocycles. The molecule has 17 heteroatoms. The molecule has 0 N–H and O–H groups in total. The summed E-state index contributed by atoms with van der Waals surface area (Å²) in [4.78, 5) is 11.6. The third-order valence-corrected chi connectivity index (χ3v) is 1.76. The van der Waals surface area contributed by atoms with Crippen LogP contribution in [-0.4, -0.2) is 50.0 Å². The number of nitrogens with zero attached hydrogens (tertiary/aromatic N) is 2. The van der Waals surface area contributed by atoms with Gasteiger partial charge in [0, 0.05) is 0 Å². The van der Waals surface area contributed by atoms with Crippen molar-refractivity contribution in [2.45, 2.75) is 30.7 Å². The quantitative estimate of drug-likeness (QED) is 0.171. The topological polar surface area (TPSA) is 90.1 Å². The number of carbonyl (C=O) groups excluding carboxylic acids is 1. The lowest BCUT2D eigenvalue weighted by Gasteiger charge is -2.31. The fraction of sp³-hybridized carbons (Fsp3) is 0.778. The molecule has 0 saturated heterocycles. The zero-order chi connectivity index (χ0) is 20.9. The number of aliphatic imine (C=N–C) groups is 1. The Morgan fingerprint density at radius 2 is 1.31 bits per heavy atom. The molecule has 26 heavy (non-hydrogen) atoms. The van der Waals surface area contributed by atoms with Gasteiger partial charge in [-0.3, -0.25) is 0 Å². The minimum atomic E-state index is -6.64. The summed E-state index contributed by atoms with van der Waals surface area (Å²) in [5, 5.41) is 7.77. The molecule has 0 aliphatic heterocycles. The van der Waals surface area contributed by atoms with Gasteiger partial charge in [0.05, 0.1) is 0 Å². The van der Waals surface area contributed by atoms with Gasteiger partial charge in [-0.15, -0.1) is 8.78 Å². The van der Waals surface area contributed by atoms with Gasteiger partial charge in [-0.05, 0) is 0 Å². The average molecular weight is 410 g/mol.